The largest absolute Gasteiger partial charge is 0.508 e. The molecular formula is C42H53ClN4O9S2. The molecule has 4 amide bonds. The first-order chi connectivity index (χ1) is 28.0. The number of phenolic OH excluding ortho intramolecular Hbond substituents is 1. The average molecular weight is 857 g/mol. The Hall–Kier alpha value is -3.95. The van der Waals surface area contributed by atoms with Gasteiger partial charge in [0.25, 0.3) is 0 Å². The lowest BCUT2D eigenvalue weighted by Gasteiger charge is -2.40. The Morgan fingerprint density at radius 3 is 1.67 bits per heavy atom. The van der Waals surface area contributed by atoms with Gasteiger partial charge in [-0.3, -0.25) is 19.2 Å². The molecule has 3 N–H and O–H groups in total. The highest BCUT2D eigenvalue weighted by Crippen LogP contribution is 2.36. The van der Waals surface area contributed by atoms with Crippen LogP contribution in [0.25, 0.3) is 0 Å². The quantitative estimate of drug-likeness (QED) is 0.236. The van der Waals surface area contributed by atoms with Gasteiger partial charge >= 0.3 is 11.9 Å². The molecule has 0 bridgehead atoms. The van der Waals surface area contributed by atoms with Gasteiger partial charge in [0, 0.05) is 16.9 Å². The lowest BCUT2D eigenvalue weighted by atomic mass is 9.86. The molecule has 0 aliphatic carbocycles. The first-order valence-electron chi connectivity index (χ1n) is 20.1. The topological polar surface area (TPSA) is 172 Å². The van der Waals surface area contributed by atoms with E-state index in [1.165, 1.54) is 14.2 Å². The number of amides is 4. The molecule has 0 aromatic heterocycles. The molecule has 4 aliphatic heterocycles. The van der Waals surface area contributed by atoms with E-state index in [1.54, 1.807) is 69.7 Å². The fourth-order valence-electron chi connectivity index (χ4n) is 8.60. The second-order valence-corrected chi connectivity index (χ2v) is 18.5. The average Bonchev–Trinajstić information content (AvgIpc) is 3.48. The maximum atomic E-state index is 14.4. The van der Waals surface area contributed by atoms with E-state index in [9.17, 15) is 33.9 Å². The summed E-state index contributed by atoms with van der Waals surface area (Å²) in [5.74, 6) is -2.28. The van der Waals surface area contributed by atoms with E-state index < -0.39 is 47.9 Å². The molecule has 1 unspecified atom stereocenters. The summed E-state index contributed by atoms with van der Waals surface area (Å²) in [7, 11) is 2.63. The summed E-state index contributed by atoms with van der Waals surface area (Å²) in [4.78, 5) is 85.7. The highest BCUT2D eigenvalue weighted by molar-refractivity contribution is 8.00. The Morgan fingerprint density at radius 2 is 1.21 bits per heavy atom. The van der Waals surface area contributed by atoms with Crippen molar-refractivity contribution in [2.75, 3.05) is 25.7 Å². The van der Waals surface area contributed by atoms with Crippen molar-refractivity contribution in [1.82, 2.24) is 20.4 Å². The third-order valence-corrected chi connectivity index (χ3v) is 14.5. The summed E-state index contributed by atoms with van der Waals surface area (Å²) >= 11 is 9.58. The normalized spacial score (nSPS) is 25.8. The van der Waals surface area contributed by atoms with Crippen LogP contribution < -0.4 is 10.6 Å². The second kappa shape index (κ2) is 20.3. The number of carbonyl (C=O) groups excluding carboxylic acids is 6. The van der Waals surface area contributed by atoms with E-state index in [-0.39, 0.29) is 65.8 Å². The van der Waals surface area contributed by atoms with Crippen LogP contribution in [-0.4, -0.2) is 111 Å². The minimum atomic E-state index is -0.852. The van der Waals surface area contributed by atoms with Crippen LogP contribution in [0.1, 0.15) is 75.3 Å². The number of piperidine rings is 2. The number of rotatable bonds is 13. The molecular weight excluding hydrogens is 804 g/mol. The van der Waals surface area contributed by atoms with E-state index in [1.807, 2.05) is 12.1 Å². The van der Waals surface area contributed by atoms with Gasteiger partial charge in [-0.25, -0.2) is 9.59 Å². The zero-order chi connectivity index (χ0) is 41.3. The van der Waals surface area contributed by atoms with E-state index in [2.05, 4.69) is 10.6 Å². The smallest absolute Gasteiger partial charge is 0.328 e. The van der Waals surface area contributed by atoms with Gasteiger partial charge in [0.2, 0.25) is 23.6 Å². The highest BCUT2D eigenvalue weighted by Gasteiger charge is 2.45. The van der Waals surface area contributed by atoms with E-state index >= 15 is 0 Å². The number of carbonyl (C=O) groups is 6. The maximum Gasteiger partial charge on any atom is 0.328 e. The van der Waals surface area contributed by atoms with Crippen molar-refractivity contribution in [3.05, 3.63) is 64.7 Å². The third-order valence-electron chi connectivity index (χ3n) is 11.7. The van der Waals surface area contributed by atoms with Gasteiger partial charge in [-0.2, -0.15) is 0 Å². The lowest BCUT2D eigenvalue weighted by Crippen LogP contribution is -2.58. The predicted molar refractivity (Wildman–Crippen MR) is 222 cm³/mol. The van der Waals surface area contributed by atoms with E-state index in [0.717, 1.165) is 36.8 Å². The molecule has 0 spiro atoms. The Bertz CT molecular complexity index is 1820. The van der Waals surface area contributed by atoms with Gasteiger partial charge in [-0.1, -0.05) is 35.9 Å². The molecule has 8 atom stereocenters. The van der Waals surface area contributed by atoms with Crippen LogP contribution in [-0.2, 0) is 51.1 Å². The molecule has 4 aliphatic rings. The molecule has 16 heteroatoms. The molecule has 4 heterocycles. The van der Waals surface area contributed by atoms with Gasteiger partial charge in [-0.15, -0.1) is 23.5 Å². The molecule has 2 aromatic carbocycles. The molecule has 0 saturated carbocycles. The Kier molecular flexibility index (Phi) is 15.3. The minimum Gasteiger partial charge on any atom is -0.508 e. The summed E-state index contributed by atoms with van der Waals surface area (Å²) in [5.41, 5.74) is 1.60. The van der Waals surface area contributed by atoms with Crippen molar-refractivity contribution in [2.45, 2.75) is 112 Å². The van der Waals surface area contributed by atoms with E-state index in [4.69, 9.17) is 21.1 Å². The van der Waals surface area contributed by atoms with Crippen LogP contribution in [0.15, 0.2) is 48.5 Å². The van der Waals surface area contributed by atoms with Crippen molar-refractivity contribution in [3.63, 3.8) is 0 Å². The number of phenols is 1. The SMILES string of the molecule is COC(=O)[C@@H]1CCCC2SCC[C@H](NC(=O)[C@H](CC[C@H](Cc3cccc(Cl)c3)C(=O)N[C@H]3CCS[C@H]4CCC[C@@H](C(=O)OC)N4C3=O)Cc3ccc(O)cc3)C(=O)N21. The van der Waals surface area contributed by atoms with Crippen LogP contribution in [0.4, 0.5) is 0 Å². The standard InChI is InChI=1S/C42H53ClN4O9S2/c1-55-41(53)33-8-4-10-35-46(33)39(51)31(18-20-57-35)44-37(49)27(22-25-12-16-30(48)17-13-25)14-15-28(23-26-6-3-7-29(43)24-26)38(50)45-32-19-21-58-36-11-5-9-34(42(54)56-2)47(36)40(32)52/h3,6-7,12-13,16-17,24,27-28,31-36,48H,4-5,8-11,14-15,18-23H2,1-2H3,(H,44,49)(H,45,50)/t27-,28-,31+,32+,33+,34+,35?,36+/m1/s1. The highest BCUT2D eigenvalue weighted by atomic mass is 35.5. The molecule has 4 fully saturated rings. The predicted octanol–water partition coefficient (Wildman–Crippen LogP) is 4.85. The van der Waals surface area contributed by atoms with Crippen molar-refractivity contribution in [1.29, 1.82) is 0 Å². The van der Waals surface area contributed by atoms with Crippen LogP contribution >= 0.6 is 35.1 Å². The van der Waals surface area contributed by atoms with E-state index in [0.29, 0.717) is 42.2 Å². The number of hydrogen-bond donors (Lipinski definition) is 3. The Morgan fingerprint density at radius 1 is 0.724 bits per heavy atom. The molecule has 2 aromatic rings. The number of benzene rings is 2. The summed E-state index contributed by atoms with van der Waals surface area (Å²) in [6.45, 7) is 0. The number of halogens is 1. The second-order valence-electron chi connectivity index (χ2n) is 15.5. The number of fused-ring (bicyclic) bond motifs is 2. The van der Waals surface area contributed by atoms with Gasteiger partial charge in [0.05, 0.1) is 25.0 Å². The number of esters is 2. The van der Waals surface area contributed by atoms with Crippen molar-refractivity contribution >= 4 is 70.7 Å². The van der Waals surface area contributed by atoms with Gasteiger partial charge in [0.1, 0.15) is 29.9 Å². The first-order valence-corrected chi connectivity index (χ1v) is 22.6. The Balaban J connectivity index is 1.22. The number of ether oxygens (including phenoxy) is 2. The fourth-order valence-corrected chi connectivity index (χ4v) is 11.6. The zero-order valence-electron chi connectivity index (χ0n) is 32.9. The Labute approximate surface area is 353 Å². The van der Waals surface area contributed by atoms with Crippen LogP contribution in [0.3, 0.4) is 0 Å². The van der Waals surface area contributed by atoms with Crippen LogP contribution in [0.5, 0.6) is 5.75 Å². The monoisotopic (exact) mass is 856 g/mol. The summed E-state index contributed by atoms with van der Waals surface area (Å²) in [6.07, 6.45) is 5.93. The fraction of sp³-hybridized carbons (Fsp3) is 0.571. The number of methoxy groups -OCH3 is 2. The third kappa shape index (κ3) is 10.6. The van der Waals surface area contributed by atoms with Gasteiger partial charge in [-0.05, 0) is 124 Å². The summed E-state index contributed by atoms with van der Waals surface area (Å²) in [6, 6.07) is 10.7. The van der Waals surface area contributed by atoms with Crippen molar-refractivity contribution in [2.24, 2.45) is 11.8 Å². The molecule has 13 nitrogen and oxygen atoms in total. The number of nitrogens with zero attached hydrogens (tertiary/aromatic N) is 2. The summed E-state index contributed by atoms with van der Waals surface area (Å²) < 4.78 is 10.1. The number of thioether (sulfide) groups is 2. The molecule has 58 heavy (non-hydrogen) atoms. The number of hydrogen-bond acceptors (Lipinski definition) is 11. The molecule has 314 valence electrons. The zero-order valence-corrected chi connectivity index (χ0v) is 35.3. The van der Waals surface area contributed by atoms with Crippen molar-refractivity contribution in [3.8, 4) is 5.75 Å². The van der Waals surface area contributed by atoms with Crippen LogP contribution in [0.2, 0.25) is 5.02 Å². The number of aromatic hydroxyl groups is 1. The maximum absolute atomic E-state index is 14.4. The minimum absolute atomic E-state index is 0.0843. The lowest BCUT2D eigenvalue weighted by molar-refractivity contribution is -0.156. The molecule has 6 rings (SSSR count). The van der Waals surface area contributed by atoms with Crippen LogP contribution in [0, 0.1) is 11.8 Å². The molecule has 0 radical (unpaired) electrons. The molecule has 4 saturated heterocycles. The van der Waals surface area contributed by atoms with Gasteiger partial charge in [0.15, 0.2) is 0 Å². The van der Waals surface area contributed by atoms with Gasteiger partial charge < -0.3 is 35.0 Å². The van der Waals surface area contributed by atoms with Crippen molar-refractivity contribution < 1.29 is 43.3 Å². The number of nitrogens with one attached hydrogen (secondary N) is 2. The summed E-state index contributed by atoms with van der Waals surface area (Å²) in [5, 5.41) is 16.2. The first kappa shape index (κ1) is 43.6.